The van der Waals surface area contributed by atoms with Crippen molar-refractivity contribution in [2.45, 2.75) is 38.8 Å². The average Bonchev–Trinajstić information content (AvgIpc) is 2.78. The van der Waals surface area contributed by atoms with Crippen LogP contribution in [0.1, 0.15) is 26.7 Å². The molecule has 0 radical (unpaired) electrons. The van der Waals surface area contributed by atoms with Crippen LogP contribution in [0, 0.1) is 5.92 Å². The van der Waals surface area contributed by atoms with Gasteiger partial charge in [-0.1, -0.05) is 13.8 Å². The number of nitrogens with one attached hydrogen (secondary N) is 3. The third-order valence-electron chi connectivity index (χ3n) is 3.07. The summed E-state index contributed by atoms with van der Waals surface area (Å²) in [6.07, 6.45) is 1.23. The summed E-state index contributed by atoms with van der Waals surface area (Å²) in [7, 11) is 0. The van der Waals surface area contributed by atoms with E-state index in [4.69, 9.17) is 5.73 Å². The van der Waals surface area contributed by atoms with Crippen LogP contribution in [0.3, 0.4) is 0 Å². The minimum Gasteiger partial charge on any atom is -0.353 e. The van der Waals surface area contributed by atoms with Gasteiger partial charge in [-0.15, -0.1) is 0 Å². The van der Waals surface area contributed by atoms with Crippen molar-refractivity contribution in [3.8, 4) is 0 Å². The Bertz CT molecular complexity index is 357. The second-order valence-corrected chi connectivity index (χ2v) is 5.09. The molecule has 0 aromatic carbocycles. The Morgan fingerprint density at radius 3 is 2.63 bits per heavy atom. The van der Waals surface area contributed by atoms with Gasteiger partial charge in [-0.2, -0.15) is 0 Å². The van der Waals surface area contributed by atoms with E-state index in [0.29, 0.717) is 13.0 Å². The van der Waals surface area contributed by atoms with Gasteiger partial charge in [-0.3, -0.25) is 14.4 Å². The fraction of sp³-hybridized carbons (Fsp3) is 0.750. The van der Waals surface area contributed by atoms with Crippen LogP contribution in [0.15, 0.2) is 0 Å². The summed E-state index contributed by atoms with van der Waals surface area (Å²) in [5.41, 5.74) is 5.64. The first kappa shape index (κ1) is 15.4. The van der Waals surface area contributed by atoms with Gasteiger partial charge >= 0.3 is 0 Å². The molecule has 0 aliphatic carbocycles. The summed E-state index contributed by atoms with van der Waals surface area (Å²) >= 11 is 0. The lowest BCUT2D eigenvalue weighted by atomic mass is 10.1. The SMILES string of the molecule is CC(C)[C@H](N)C(=O)NCC(=O)NCC1CCC(=O)N1. The van der Waals surface area contributed by atoms with E-state index in [1.807, 2.05) is 13.8 Å². The molecule has 19 heavy (non-hydrogen) atoms. The molecule has 0 aromatic heterocycles. The van der Waals surface area contributed by atoms with E-state index < -0.39 is 6.04 Å². The first-order chi connectivity index (χ1) is 8.90. The molecule has 7 nitrogen and oxygen atoms in total. The molecule has 1 unspecified atom stereocenters. The standard InChI is InChI=1S/C12H22N4O3/c1-7(2)11(13)12(19)15-6-10(18)14-5-8-3-4-9(17)16-8/h7-8,11H,3-6,13H2,1-2H3,(H,14,18)(H,15,19)(H,16,17)/t8?,11-/m0/s1. The molecule has 1 aliphatic rings. The van der Waals surface area contributed by atoms with E-state index in [9.17, 15) is 14.4 Å². The number of carbonyl (C=O) groups is 3. The number of hydrogen-bond acceptors (Lipinski definition) is 4. The van der Waals surface area contributed by atoms with E-state index in [1.165, 1.54) is 0 Å². The van der Waals surface area contributed by atoms with E-state index in [-0.39, 0.29) is 36.2 Å². The highest BCUT2D eigenvalue weighted by molar-refractivity contribution is 5.87. The van der Waals surface area contributed by atoms with Crippen LogP contribution in [0.5, 0.6) is 0 Å². The Morgan fingerprint density at radius 2 is 2.11 bits per heavy atom. The van der Waals surface area contributed by atoms with Gasteiger partial charge < -0.3 is 21.7 Å². The number of nitrogens with two attached hydrogens (primary N) is 1. The van der Waals surface area contributed by atoms with E-state index in [0.717, 1.165) is 6.42 Å². The summed E-state index contributed by atoms with van der Waals surface area (Å²) in [6, 6.07) is -0.619. The normalized spacial score (nSPS) is 20.0. The van der Waals surface area contributed by atoms with E-state index in [1.54, 1.807) is 0 Å². The van der Waals surface area contributed by atoms with Crippen LogP contribution in [-0.4, -0.2) is 42.9 Å². The van der Waals surface area contributed by atoms with Gasteiger partial charge in [0, 0.05) is 19.0 Å². The maximum absolute atomic E-state index is 11.5. The van der Waals surface area contributed by atoms with Gasteiger partial charge in [-0.25, -0.2) is 0 Å². The van der Waals surface area contributed by atoms with Gasteiger partial charge in [-0.05, 0) is 12.3 Å². The molecule has 1 fully saturated rings. The van der Waals surface area contributed by atoms with Gasteiger partial charge in [0.25, 0.3) is 0 Å². The number of hydrogen-bond donors (Lipinski definition) is 4. The quantitative estimate of drug-likeness (QED) is 0.469. The van der Waals surface area contributed by atoms with Gasteiger partial charge in [0.2, 0.25) is 17.7 Å². The second-order valence-electron chi connectivity index (χ2n) is 5.09. The Balaban J connectivity index is 2.17. The lowest BCUT2D eigenvalue weighted by molar-refractivity contribution is -0.127. The van der Waals surface area contributed by atoms with Crippen LogP contribution in [0.2, 0.25) is 0 Å². The zero-order chi connectivity index (χ0) is 14.4. The van der Waals surface area contributed by atoms with Crippen molar-refractivity contribution in [3.05, 3.63) is 0 Å². The molecule has 0 saturated carbocycles. The molecular formula is C12H22N4O3. The minimum absolute atomic E-state index is 0.00919. The zero-order valence-electron chi connectivity index (χ0n) is 11.4. The third-order valence-corrected chi connectivity index (χ3v) is 3.07. The lowest BCUT2D eigenvalue weighted by Gasteiger charge is -2.15. The maximum atomic E-state index is 11.5. The molecule has 0 aromatic rings. The predicted octanol–water partition coefficient (Wildman–Crippen LogP) is -1.52. The Kier molecular flexibility index (Phi) is 5.75. The van der Waals surface area contributed by atoms with Crippen molar-refractivity contribution in [1.29, 1.82) is 0 Å². The number of rotatable bonds is 6. The largest absolute Gasteiger partial charge is 0.353 e. The average molecular weight is 270 g/mol. The summed E-state index contributed by atoms with van der Waals surface area (Å²) in [6.45, 7) is 3.97. The molecule has 1 heterocycles. The molecule has 1 saturated heterocycles. The maximum Gasteiger partial charge on any atom is 0.239 e. The van der Waals surface area contributed by atoms with Crippen molar-refractivity contribution in [3.63, 3.8) is 0 Å². The van der Waals surface area contributed by atoms with Crippen LogP contribution in [0.4, 0.5) is 0 Å². The molecule has 5 N–H and O–H groups in total. The Hall–Kier alpha value is -1.63. The summed E-state index contributed by atoms with van der Waals surface area (Å²) in [5, 5.41) is 7.89. The Labute approximate surface area is 112 Å². The zero-order valence-corrected chi connectivity index (χ0v) is 11.4. The van der Waals surface area contributed by atoms with Crippen molar-refractivity contribution in [2.24, 2.45) is 11.7 Å². The smallest absolute Gasteiger partial charge is 0.239 e. The predicted molar refractivity (Wildman–Crippen MR) is 70.0 cm³/mol. The summed E-state index contributed by atoms with van der Waals surface area (Å²) < 4.78 is 0. The van der Waals surface area contributed by atoms with Crippen molar-refractivity contribution in [2.75, 3.05) is 13.1 Å². The minimum atomic E-state index is -0.609. The molecule has 7 heteroatoms. The van der Waals surface area contributed by atoms with Crippen LogP contribution < -0.4 is 21.7 Å². The first-order valence-corrected chi connectivity index (χ1v) is 6.49. The van der Waals surface area contributed by atoms with E-state index >= 15 is 0 Å². The molecule has 1 rings (SSSR count). The molecule has 108 valence electrons. The van der Waals surface area contributed by atoms with Crippen LogP contribution in [0.25, 0.3) is 0 Å². The summed E-state index contributed by atoms with van der Waals surface area (Å²) in [5.74, 6) is -0.586. The third kappa shape index (κ3) is 5.25. The van der Waals surface area contributed by atoms with Crippen LogP contribution in [-0.2, 0) is 14.4 Å². The lowest BCUT2D eigenvalue weighted by Crippen LogP contribution is -2.48. The molecule has 0 spiro atoms. The molecule has 3 amide bonds. The van der Waals surface area contributed by atoms with Gasteiger partial charge in [0.15, 0.2) is 0 Å². The molecule has 2 atom stereocenters. The highest BCUT2D eigenvalue weighted by Crippen LogP contribution is 2.04. The first-order valence-electron chi connectivity index (χ1n) is 6.49. The second kappa shape index (κ2) is 7.08. The molecular weight excluding hydrogens is 248 g/mol. The van der Waals surface area contributed by atoms with Gasteiger partial charge in [0.05, 0.1) is 12.6 Å². The number of carbonyl (C=O) groups excluding carboxylic acids is 3. The molecule has 0 bridgehead atoms. The van der Waals surface area contributed by atoms with Crippen LogP contribution >= 0.6 is 0 Å². The van der Waals surface area contributed by atoms with Gasteiger partial charge in [0.1, 0.15) is 0 Å². The van der Waals surface area contributed by atoms with Crippen molar-refractivity contribution >= 4 is 17.7 Å². The highest BCUT2D eigenvalue weighted by Gasteiger charge is 2.21. The fourth-order valence-electron chi connectivity index (χ4n) is 1.72. The number of amides is 3. The van der Waals surface area contributed by atoms with Crippen molar-refractivity contribution < 1.29 is 14.4 Å². The summed E-state index contributed by atoms with van der Waals surface area (Å²) in [4.78, 5) is 34.0. The van der Waals surface area contributed by atoms with Crippen molar-refractivity contribution in [1.82, 2.24) is 16.0 Å². The van der Waals surface area contributed by atoms with E-state index in [2.05, 4.69) is 16.0 Å². The highest BCUT2D eigenvalue weighted by atomic mass is 16.2. The monoisotopic (exact) mass is 270 g/mol. The fourth-order valence-corrected chi connectivity index (χ4v) is 1.72. The Morgan fingerprint density at radius 1 is 1.42 bits per heavy atom. The molecule has 1 aliphatic heterocycles. The topological polar surface area (TPSA) is 113 Å².